The van der Waals surface area contributed by atoms with Crippen LogP contribution in [0.4, 0.5) is 0 Å². The van der Waals surface area contributed by atoms with Gasteiger partial charge in [0, 0.05) is 23.3 Å². The Kier molecular flexibility index (Phi) is 5.51. The summed E-state index contributed by atoms with van der Waals surface area (Å²) in [6, 6.07) is 1.72. The molecule has 0 bridgehead atoms. The highest BCUT2D eigenvalue weighted by atomic mass is 35.5. The van der Waals surface area contributed by atoms with Gasteiger partial charge in [-0.25, -0.2) is 12.7 Å². The summed E-state index contributed by atoms with van der Waals surface area (Å²) in [5.74, 6) is 0.878. The highest BCUT2D eigenvalue weighted by molar-refractivity contribution is 7.89. The van der Waals surface area contributed by atoms with Gasteiger partial charge in [0.05, 0.1) is 10.8 Å². The summed E-state index contributed by atoms with van der Waals surface area (Å²) in [4.78, 5) is 2.17. The van der Waals surface area contributed by atoms with Crippen molar-refractivity contribution < 1.29 is 8.42 Å². The average molecular weight is 336 g/mol. The summed E-state index contributed by atoms with van der Waals surface area (Å²) in [6.45, 7) is 2.48. The fourth-order valence-electron chi connectivity index (χ4n) is 2.85. The van der Waals surface area contributed by atoms with Gasteiger partial charge in [-0.15, -0.1) is 22.9 Å². The van der Waals surface area contributed by atoms with Crippen LogP contribution in [-0.4, -0.2) is 26.3 Å². The van der Waals surface area contributed by atoms with Crippen LogP contribution < -0.4 is 0 Å². The van der Waals surface area contributed by atoms with Crippen molar-refractivity contribution in [1.29, 1.82) is 0 Å². The smallest absolute Gasteiger partial charge is 0.207 e. The van der Waals surface area contributed by atoms with E-state index in [2.05, 4.69) is 0 Å². The molecule has 20 heavy (non-hydrogen) atoms. The Labute approximate surface area is 131 Å². The lowest BCUT2D eigenvalue weighted by molar-refractivity contribution is 0.300. The maximum absolute atomic E-state index is 12.6. The standard InChI is InChI=1S/C14H22ClNO2S2/c1-11-14(8-13(9-15)19-11)20(17,18)16(2)10-12-6-4-3-5-7-12/h8,12H,3-7,9-10H2,1-2H3. The first kappa shape index (κ1) is 16.3. The van der Waals surface area contributed by atoms with Crippen LogP contribution in [0, 0.1) is 12.8 Å². The molecule has 114 valence electrons. The van der Waals surface area contributed by atoms with Crippen molar-refractivity contribution in [3.8, 4) is 0 Å². The summed E-state index contributed by atoms with van der Waals surface area (Å²) in [6.07, 6.45) is 6.04. The van der Waals surface area contributed by atoms with Crippen LogP contribution in [-0.2, 0) is 15.9 Å². The Morgan fingerprint density at radius 1 is 1.35 bits per heavy atom. The second-order valence-corrected chi connectivity index (χ2v) is 9.18. The van der Waals surface area contributed by atoms with Crippen molar-refractivity contribution in [3.63, 3.8) is 0 Å². The number of halogens is 1. The molecule has 0 unspecified atom stereocenters. The van der Waals surface area contributed by atoms with E-state index in [0.29, 0.717) is 23.2 Å². The summed E-state index contributed by atoms with van der Waals surface area (Å²) >= 11 is 7.27. The molecule has 0 saturated heterocycles. The average Bonchev–Trinajstić information content (AvgIpc) is 2.82. The number of hydrogen-bond donors (Lipinski definition) is 0. The van der Waals surface area contributed by atoms with E-state index in [0.717, 1.165) is 22.6 Å². The third kappa shape index (κ3) is 3.56. The van der Waals surface area contributed by atoms with Crippen LogP contribution in [0.2, 0.25) is 0 Å². The van der Waals surface area contributed by atoms with Gasteiger partial charge in [0.1, 0.15) is 0 Å². The van der Waals surface area contributed by atoms with Crippen LogP contribution in [0.15, 0.2) is 11.0 Å². The van der Waals surface area contributed by atoms with Gasteiger partial charge in [-0.2, -0.15) is 0 Å². The van der Waals surface area contributed by atoms with Crippen molar-refractivity contribution in [2.45, 2.75) is 49.8 Å². The van der Waals surface area contributed by atoms with E-state index < -0.39 is 10.0 Å². The fourth-order valence-corrected chi connectivity index (χ4v) is 5.78. The van der Waals surface area contributed by atoms with Crippen LogP contribution in [0.1, 0.15) is 41.9 Å². The highest BCUT2D eigenvalue weighted by Gasteiger charge is 2.27. The first-order valence-electron chi connectivity index (χ1n) is 7.06. The van der Waals surface area contributed by atoms with E-state index in [9.17, 15) is 8.42 Å². The molecule has 0 N–H and O–H groups in total. The molecule has 6 heteroatoms. The zero-order valence-corrected chi connectivity index (χ0v) is 14.5. The molecular weight excluding hydrogens is 314 g/mol. The largest absolute Gasteiger partial charge is 0.243 e. The number of aryl methyl sites for hydroxylation is 1. The van der Waals surface area contributed by atoms with Crippen LogP contribution in [0.5, 0.6) is 0 Å². The lowest BCUT2D eigenvalue weighted by Gasteiger charge is -2.26. The van der Waals surface area contributed by atoms with Gasteiger partial charge in [-0.1, -0.05) is 19.3 Å². The Bertz CT molecular complexity index is 548. The SMILES string of the molecule is Cc1sc(CCl)cc1S(=O)(=O)N(C)CC1CCCCC1. The van der Waals surface area contributed by atoms with Crippen LogP contribution in [0.25, 0.3) is 0 Å². The van der Waals surface area contributed by atoms with Crippen molar-refractivity contribution in [3.05, 3.63) is 15.8 Å². The van der Waals surface area contributed by atoms with Crippen molar-refractivity contribution in [1.82, 2.24) is 4.31 Å². The second kappa shape index (κ2) is 6.77. The normalized spacial score (nSPS) is 17.8. The number of rotatable bonds is 5. The van der Waals surface area contributed by atoms with Crippen LogP contribution >= 0.6 is 22.9 Å². The van der Waals surface area contributed by atoms with Gasteiger partial charge in [-0.05, 0) is 31.7 Å². The monoisotopic (exact) mass is 335 g/mol. The molecule has 3 nitrogen and oxygen atoms in total. The molecule has 1 aromatic rings. The fraction of sp³-hybridized carbons (Fsp3) is 0.714. The molecule has 1 saturated carbocycles. The first-order chi connectivity index (χ1) is 9.45. The van der Waals surface area contributed by atoms with Gasteiger partial charge in [0.2, 0.25) is 10.0 Å². The molecule has 0 amide bonds. The van der Waals surface area contributed by atoms with Crippen LogP contribution in [0.3, 0.4) is 0 Å². The van der Waals surface area contributed by atoms with E-state index >= 15 is 0 Å². The van der Waals surface area contributed by atoms with Crippen molar-refractivity contribution in [2.24, 2.45) is 5.92 Å². The van der Waals surface area contributed by atoms with Gasteiger partial charge in [0.25, 0.3) is 0 Å². The van der Waals surface area contributed by atoms with Crippen molar-refractivity contribution >= 4 is 33.0 Å². The minimum absolute atomic E-state index is 0.368. The van der Waals surface area contributed by atoms with Crippen molar-refractivity contribution in [2.75, 3.05) is 13.6 Å². The molecule has 0 aliphatic heterocycles. The Morgan fingerprint density at radius 2 is 2.00 bits per heavy atom. The number of alkyl halides is 1. The van der Waals surface area contributed by atoms with Gasteiger partial charge in [0.15, 0.2) is 0 Å². The lowest BCUT2D eigenvalue weighted by atomic mass is 9.89. The van der Waals surface area contributed by atoms with E-state index in [1.54, 1.807) is 13.1 Å². The number of nitrogens with zero attached hydrogens (tertiary/aromatic N) is 1. The zero-order valence-electron chi connectivity index (χ0n) is 12.1. The zero-order chi connectivity index (χ0) is 14.8. The van der Waals surface area contributed by atoms with Gasteiger partial charge < -0.3 is 0 Å². The third-order valence-electron chi connectivity index (χ3n) is 3.98. The third-order valence-corrected chi connectivity index (χ3v) is 7.56. The summed E-state index contributed by atoms with van der Waals surface area (Å²) in [5, 5.41) is 0. The Hall–Kier alpha value is -0.100. The maximum atomic E-state index is 12.6. The molecule has 0 atom stereocenters. The molecule has 2 rings (SSSR count). The predicted molar refractivity (Wildman–Crippen MR) is 85.0 cm³/mol. The molecule has 0 aromatic carbocycles. The molecule has 1 aliphatic carbocycles. The molecule has 1 heterocycles. The van der Waals surface area contributed by atoms with E-state index in [1.807, 2.05) is 6.92 Å². The van der Waals surface area contributed by atoms with E-state index in [4.69, 9.17) is 11.6 Å². The second-order valence-electron chi connectivity index (χ2n) is 5.56. The van der Waals surface area contributed by atoms with Gasteiger partial charge in [-0.3, -0.25) is 0 Å². The maximum Gasteiger partial charge on any atom is 0.243 e. The Morgan fingerprint density at radius 3 is 2.55 bits per heavy atom. The number of hydrogen-bond acceptors (Lipinski definition) is 3. The molecule has 0 radical (unpaired) electrons. The topological polar surface area (TPSA) is 37.4 Å². The summed E-state index contributed by atoms with van der Waals surface area (Å²) in [5.41, 5.74) is 0. The predicted octanol–water partition coefficient (Wildman–Crippen LogP) is 4.00. The molecule has 1 fully saturated rings. The van der Waals surface area contributed by atoms with E-state index in [-0.39, 0.29) is 0 Å². The number of thiophene rings is 1. The molecule has 0 spiro atoms. The molecular formula is C14H22ClNO2S2. The summed E-state index contributed by atoms with van der Waals surface area (Å²) in [7, 11) is -1.68. The number of sulfonamides is 1. The molecule has 1 aliphatic rings. The molecule has 1 aromatic heterocycles. The first-order valence-corrected chi connectivity index (χ1v) is 9.86. The lowest BCUT2D eigenvalue weighted by Crippen LogP contribution is -2.32. The minimum atomic E-state index is -3.37. The Balaban J connectivity index is 2.13. The van der Waals surface area contributed by atoms with E-state index in [1.165, 1.54) is 34.9 Å². The minimum Gasteiger partial charge on any atom is -0.207 e. The quantitative estimate of drug-likeness (QED) is 0.763. The highest BCUT2D eigenvalue weighted by Crippen LogP contribution is 2.30. The van der Waals surface area contributed by atoms with Gasteiger partial charge >= 0.3 is 0 Å². The summed E-state index contributed by atoms with van der Waals surface area (Å²) < 4.78 is 26.8.